The van der Waals surface area contributed by atoms with E-state index in [1.165, 1.54) is 0 Å². The Labute approximate surface area is 108 Å². The number of aromatic nitrogens is 2. The number of nitrogens with two attached hydrogens (primary N) is 1. The minimum atomic E-state index is 0.0482. The monoisotopic (exact) mass is 250 g/mol. The molecule has 2 atom stereocenters. The van der Waals surface area contributed by atoms with Gasteiger partial charge in [0.25, 0.3) is 5.91 Å². The lowest BCUT2D eigenvalue weighted by Gasteiger charge is -2.34. The predicted octanol–water partition coefficient (Wildman–Crippen LogP) is 0.792. The Kier molecular flexibility index (Phi) is 3.71. The van der Waals surface area contributed by atoms with Crippen molar-refractivity contribution < 1.29 is 4.79 Å². The van der Waals surface area contributed by atoms with Gasteiger partial charge in [-0.15, -0.1) is 0 Å². The molecule has 0 spiro atoms. The highest BCUT2D eigenvalue weighted by atomic mass is 16.2. The first-order chi connectivity index (χ1) is 8.52. The number of piperidine rings is 1. The van der Waals surface area contributed by atoms with Gasteiger partial charge in [0.1, 0.15) is 5.69 Å². The summed E-state index contributed by atoms with van der Waals surface area (Å²) in [6.07, 6.45) is 1.82. The Morgan fingerprint density at radius 1 is 1.61 bits per heavy atom. The van der Waals surface area contributed by atoms with Crippen LogP contribution in [-0.4, -0.2) is 39.7 Å². The Balaban J connectivity index is 2.13. The van der Waals surface area contributed by atoms with E-state index >= 15 is 0 Å². The largest absolute Gasteiger partial charge is 0.336 e. The van der Waals surface area contributed by atoms with Crippen LogP contribution in [0.3, 0.4) is 0 Å². The highest BCUT2D eigenvalue weighted by Gasteiger charge is 2.28. The van der Waals surface area contributed by atoms with Gasteiger partial charge in [-0.2, -0.15) is 5.10 Å². The standard InChI is InChI=1S/C13H22N4O/c1-4-10-7-12(16(3)15-10)13(18)17-6-5-9(2)11(14)8-17/h7,9,11H,4-6,8,14H2,1-3H3. The molecule has 1 aromatic heterocycles. The van der Waals surface area contributed by atoms with Crippen LogP contribution >= 0.6 is 0 Å². The van der Waals surface area contributed by atoms with Gasteiger partial charge in [0.2, 0.25) is 0 Å². The number of nitrogens with zero attached hydrogens (tertiary/aromatic N) is 3. The van der Waals surface area contributed by atoms with Crippen LogP contribution in [0.1, 0.15) is 36.5 Å². The number of likely N-dealkylation sites (tertiary alicyclic amines) is 1. The number of rotatable bonds is 2. The second-order valence-corrected chi connectivity index (χ2v) is 5.18. The molecule has 5 heteroatoms. The van der Waals surface area contributed by atoms with Gasteiger partial charge >= 0.3 is 0 Å². The molecule has 2 heterocycles. The molecule has 1 fully saturated rings. The quantitative estimate of drug-likeness (QED) is 0.844. The van der Waals surface area contributed by atoms with Crippen molar-refractivity contribution in [2.45, 2.75) is 32.7 Å². The molecule has 0 aromatic carbocycles. The number of carbonyl (C=O) groups excluding carboxylic acids is 1. The molecule has 1 aliphatic rings. The number of aryl methyl sites for hydroxylation is 2. The minimum absolute atomic E-state index is 0.0482. The van der Waals surface area contributed by atoms with Crippen LogP contribution in [0.15, 0.2) is 6.07 Å². The lowest BCUT2D eigenvalue weighted by Crippen LogP contribution is -2.50. The Hall–Kier alpha value is -1.36. The van der Waals surface area contributed by atoms with Gasteiger partial charge in [-0.1, -0.05) is 13.8 Å². The first-order valence-electron chi connectivity index (χ1n) is 6.60. The summed E-state index contributed by atoms with van der Waals surface area (Å²) in [6.45, 7) is 5.62. The number of carbonyl (C=O) groups is 1. The van der Waals surface area contributed by atoms with Crippen molar-refractivity contribution in [3.05, 3.63) is 17.5 Å². The molecule has 2 unspecified atom stereocenters. The molecule has 1 aliphatic heterocycles. The van der Waals surface area contributed by atoms with Crippen molar-refractivity contribution in [3.63, 3.8) is 0 Å². The topological polar surface area (TPSA) is 64.2 Å². The molecule has 18 heavy (non-hydrogen) atoms. The third kappa shape index (κ3) is 2.41. The van der Waals surface area contributed by atoms with E-state index in [1.807, 2.05) is 24.9 Å². The van der Waals surface area contributed by atoms with Crippen LogP contribution in [0.5, 0.6) is 0 Å². The summed E-state index contributed by atoms with van der Waals surface area (Å²) < 4.78 is 1.67. The van der Waals surface area contributed by atoms with Crippen molar-refractivity contribution >= 4 is 5.91 Å². The van der Waals surface area contributed by atoms with E-state index in [2.05, 4.69) is 12.0 Å². The number of hydrogen-bond donors (Lipinski definition) is 1. The summed E-state index contributed by atoms with van der Waals surface area (Å²) in [5.74, 6) is 0.541. The molecule has 5 nitrogen and oxygen atoms in total. The van der Waals surface area contributed by atoms with Gasteiger partial charge in [0.15, 0.2) is 0 Å². The Bertz CT molecular complexity index is 440. The average Bonchev–Trinajstić information content (AvgIpc) is 2.73. The fourth-order valence-electron chi connectivity index (χ4n) is 2.35. The normalized spacial score (nSPS) is 24.3. The van der Waals surface area contributed by atoms with Crippen molar-refractivity contribution in [1.29, 1.82) is 0 Å². The summed E-state index contributed by atoms with van der Waals surface area (Å²) in [5.41, 5.74) is 7.65. The second-order valence-electron chi connectivity index (χ2n) is 5.18. The van der Waals surface area contributed by atoms with Crippen molar-refractivity contribution in [2.24, 2.45) is 18.7 Å². The smallest absolute Gasteiger partial charge is 0.272 e. The fraction of sp³-hybridized carbons (Fsp3) is 0.692. The molecule has 0 radical (unpaired) electrons. The third-order valence-corrected chi connectivity index (χ3v) is 3.82. The lowest BCUT2D eigenvalue weighted by molar-refractivity contribution is 0.0661. The summed E-state index contributed by atoms with van der Waals surface area (Å²) in [6, 6.07) is 1.97. The summed E-state index contributed by atoms with van der Waals surface area (Å²) in [5, 5.41) is 4.32. The van der Waals surface area contributed by atoms with Crippen LogP contribution in [0.25, 0.3) is 0 Å². The maximum Gasteiger partial charge on any atom is 0.272 e. The Morgan fingerprint density at radius 3 is 2.89 bits per heavy atom. The van der Waals surface area contributed by atoms with Gasteiger partial charge < -0.3 is 10.6 Å². The summed E-state index contributed by atoms with van der Waals surface area (Å²) in [7, 11) is 1.82. The number of amides is 1. The van der Waals surface area contributed by atoms with E-state index in [-0.39, 0.29) is 11.9 Å². The highest BCUT2D eigenvalue weighted by molar-refractivity contribution is 5.92. The van der Waals surface area contributed by atoms with Crippen LogP contribution < -0.4 is 5.73 Å². The maximum atomic E-state index is 12.4. The van der Waals surface area contributed by atoms with Gasteiger partial charge in [-0.25, -0.2) is 0 Å². The zero-order valence-corrected chi connectivity index (χ0v) is 11.4. The first-order valence-corrected chi connectivity index (χ1v) is 6.60. The van der Waals surface area contributed by atoms with E-state index in [0.717, 1.165) is 25.1 Å². The molecular weight excluding hydrogens is 228 g/mol. The molecule has 1 amide bonds. The third-order valence-electron chi connectivity index (χ3n) is 3.82. The molecule has 1 aromatic rings. The summed E-state index contributed by atoms with van der Waals surface area (Å²) in [4.78, 5) is 14.3. The average molecular weight is 250 g/mol. The molecule has 0 bridgehead atoms. The van der Waals surface area contributed by atoms with Gasteiger partial charge in [-0.3, -0.25) is 9.48 Å². The van der Waals surface area contributed by atoms with Gasteiger partial charge in [0.05, 0.1) is 5.69 Å². The molecule has 100 valence electrons. The highest BCUT2D eigenvalue weighted by Crippen LogP contribution is 2.18. The summed E-state index contributed by atoms with van der Waals surface area (Å²) >= 11 is 0. The molecule has 0 aliphatic carbocycles. The zero-order valence-electron chi connectivity index (χ0n) is 11.4. The van der Waals surface area contributed by atoms with Crippen LogP contribution in [0, 0.1) is 5.92 Å². The van der Waals surface area contributed by atoms with Crippen LogP contribution in [0.2, 0.25) is 0 Å². The molecule has 2 N–H and O–H groups in total. The van der Waals surface area contributed by atoms with E-state index in [1.54, 1.807) is 4.68 Å². The van der Waals surface area contributed by atoms with Gasteiger partial charge in [0, 0.05) is 26.2 Å². The van der Waals surface area contributed by atoms with E-state index in [4.69, 9.17) is 5.73 Å². The van der Waals surface area contributed by atoms with Gasteiger partial charge in [-0.05, 0) is 24.8 Å². The van der Waals surface area contributed by atoms with Crippen LogP contribution in [0.4, 0.5) is 0 Å². The van der Waals surface area contributed by atoms with Crippen LogP contribution in [-0.2, 0) is 13.5 Å². The molecule has 2 rings (SSSR count). The van der Waals surface area contributed by atoms with E-state index in [9.17, 15) is 4.79 Å². The van der Waals surface area contributed by atoms with E-state index in [0.29, 0.717) is 18.2 Å². The van der Waals surface area contributed by atoms with Crippen molar-refractivity contribution in [1.82, 2.24) is 14.7 Å². The van der Waals surface area contributed by atoms with Crippen molar-refractivity contribution in [3.8, 4) is 0 Å². The van der Waals surface area contributed by atoms with Crippen molar-refractivity contribution in [2.75, 3.05) is 13.1 Å². The molecule has 1 saturated heterocycles. The second kappa shape index (κ2) is 5.10. The predicted molar refractivity (Wildman–Crippen MR) is 70.2 cm³/mol. The SMILES string of the molecule is CCc1cc(C(=O)N2CCC(C)C(N)C2)n(C)n1. The molecule has 0 saturated carbocycles. The molecular formula is C13H22N4O. The first kappa shape index (κ1) is 13.1. The minimum Gasteiger partial charge on any atom is -0.336 e. The zero-order chi connectivity index (χ0) is 13.3. The van der Waals surface area contributed by atoms with E-state index < -0.39 is 0 Å². The fourth-order valence-corrected chi connectivity index (χ4v) is 2.35. The number of hydrogen-bond acceptors (Lipinski definition) is 3. The Morgan fingerprint density at radius 2 is 2.33 bits per heavy atom. The lowest BCUT2D eigenvalue weighted by atomic mass is 9.94. The maximum absolute atomic E-state index is 12.4.